The van der Waals surface area contributed by atoms with E-state index in [-0.39, 0.29) is 5.54 Å². The molecular weight excluding hydrogens is 375 g/mol. The van der Waals surface area contributed by atoms with Crippen molar-refractivity contribution >= 4 is 19.8 Å². The van der Waals surface area contributed by atoms with Crippen LogP contribution in [-0.2, 0) is 0 Å². The summed E-state index contributed by atoms with van der Waals surface area (Å²) in [4.78, 5) is 0. The Bertz CT molecular complexity index is 424. The van der Waals surface area contributed by atoms with Gasteiger partial charge < -0.3 is 0 Å². The van der Waals surface area contributed by atoms with Crippen LogP contribution in [0.2, 0.25) is 0 Å². The molecule has 0 aromatic heterocycles. The number of hydrogen-bond acceptors (Lipinski definition) is 4. The predicted molar refractivity (Wildman–Crippen MR) is 98.0 cm³/mol. The molecule has 0 spiro atoms. The van der Waals surface area contributed by atoms with Crippen LogP contribution in [0.25, 0.3) is 0 Å². The van der Waals surface area contributed by atoms with Crippen LogP contribution in [0.15, 0.2) is 9.15 Å². The van der Waals surface area contributed by atoms with E-state index in [0.29, 0.717) is 20.1 Å². The molecule has 0 amide bonds. The molecule has 0 aromatic rings. The van der Waals surface area contributed by atoms with Gasteiger partial charge in [-0.05, 0) is 0 Å². The molecule has 3 aliphatic rings. The van der Waals surface area contributed by atoms with Crippen molar-refractivity contribution in [3.8, 4) is 0 Å². The van der Waals surface area contributed by atoms with E-state index >= 15 is 0 Å². The van der Waals surface area contributed by atoms with Gasteiger partial charge in [-0.2, -0.15) is 0 Å². The van der Waals surface area contributed by atoms with Crippen LogP contribution in [0.1, 0.15) is 58.3 Å². The summed E-state index contributed by atoms with van der Waals surface area (Å²) < 4.78 is 2.37. The monoisotopic (exact) mass is 406 g/mol. The van der Waals surface area contributed by atoms with Gasteiger partial charge in [0, 0.05) is 0 Å². The molecule has 122 valence electrons. The number of nitrogens with two attached hydrogens (primary N) is 4. The summed E-state index contributed by atoms with van der Waals surface area (Å²) in [5, 5.41) is 0. The van der Waals surface area contributed by atoms with E-state index in [2.05, 4.69) is 6.92 Å². The molecule has 3 rings (SSSR count). The van der Waals surface area contributed by atoms with Gasteiger partial charge in [0.15, 0.2) is 0 Å². The minimum atomic E-state index is -1.48. The zero-order valence-electron chi connectivity index (χ0n) is 13.2. The maximum atomic E-state index is 6.50. The molecule has 8 N–H and O–H groups in total. The Morgan fingerprint density at radius 1 is 1.05 bits per heavy atom. The number of halogens is 1. The standard InChI is InChI=1S/C16H31IN4/c1-16(21)8-7-10(11-3-2-4-13(11)18)12(9-16)17-14(19)5-6-15(17)20/h11,13-15H,2-9,18-21H2,1H3. The zero-order chi connectivity index (χ0) is 15.2. The topological polar surface area (TPSA) is 104 Å². The van der Waals surface area contributed by atoms with Crippen LogP contribution in [-0.4, -0.2) is 19.7 Å². The molecule has 4 nitrogen and oxygen atoms in total. The van der Waals surface area contributed by atoms with Crippen molar-refractivity contribution in [2.24, 2.45) is 28.9 Å². The van der Waals surface area contributed by atoms with E-state index < -0.39 is 19.8 Å². The second-order valence-electron chi connectivity index (χ2n) is 7.42. The fourth-order valence-electron chi connectivity index (χ4n) is 4.24. The molecule has 2 aliphatic carbocycles. The minimum absolute atomic E-state index is 0.0684. The van der Waals surface area contributed by atoms with Gasteiger partial charge >= 0.3 is 136 Å². The SMILES string of the molecule is CC1(N)CCC(C2CCCC2N)=C(I2C(N)CCC2N)C1. The first-order valence-electron chi connectivity index (χ1n) is 8.33. The van der Waals surface area contributed by atoms with Gasteiger partial charge in [0.25, 0.3) is 0 Å². The quantitative estimate of drug-likeness (QED) is 0.320. The Balaban J connectivity index is 1.97. The Morgan fingerprint density at radius 3 is 2.29 bits per heavy atom. The molecule has 2 fully saturated rings. The van der Waals surface area contributed by atoms with Crippen molar-refractivity contribution in [2.45, 2.75) is 78.0 Å². The summed E-state index contributed by atoms with van der Waals surface area (Å²) in [5.74, 6) is 0.591. The molecule has 0 aromatic carbocycles. The first-order chi connectivity index (χ1) is 9.89. The van der Waals surface area contributed by atoms with E-state index in [1.54, 1.807) is 9.15 Å². The van der Waals surface area contributed by atoms with E-state index in [9.17, 15) is 0 Å². The van der Waals surface area contributed by atoms with Crippen molar-refractivity contribution in [1.82, 2.24) is 0 Å². The van der Waals surface area contributed by atoms with Crippen LogP contribution in [0.3, 0.4) is 0 Å². The van der Waals surface area contributed by atoms with Gasteiger partial charge in [-0.3, -0.25) is 0 Å². The second-order valence-corrected chi connectivity index (χ2v) is 13.9. The summed E-state index contributed by atoms with van der Waals surface area (Å²) in [6, 6.07) is 0.350. The number of rotatable bonds is 2. The Kier molecular flexibility index (Phi) is 4.68. The first kappa shape index (κ1) is 16.2. The molecule has 21 heavy (non-hydrogen) atoms. The third-order valence-corrected chi connectivity index (χ3v) is 12.7. The third-order valence-electron chi connectivity index (χ3n) is 5.48. The number of hydrogen-bond donors (Lipinski definition) is 4. The summed E-state index contributed by atoms with van der Waals surface area (Å²) in [6.07, 6.45) is 9.18. The molecule has 5 atom stereocenters. The van der Waals surface area contributed by atoms with Crippen LogP contribution in [0, 0.1) is 5.92 Å². The van der Waals surface area contributed by atoms with Crippen molar-refractivity contribution in [1.29, 1.82) is 0 Å². The van der Waals surface area contributed by atoms with Crippen LogP contribution in [0.4, 0.5) is 0 Å². The Hall–Kier alpha value is 0.310. The average Bonchev–Trinajstić information content (AvgIpc) is 2.95. The zero-order valence-corrected chi connectivity index (χ0v) is 15.3. The molecule has 0 bridgehead atoms. The van der Waals surface area contributed by atoms with E-state index in [0.717, 1.165) is 32.1 Å². The fraction of sp³-hybridized carbons (Fsp3) is 0.875. The molecule has 1 saturated carbocycles. The van der Waals surface area contributed by atoms with Crippen molar-refractivity contribution in [2.75, 3.05) is 0 Å². The maximum absolute atomic E-state index is 6.50. The van der Waals surface area contributed by atoms with Crippen molar-refractivity contribution < 1.29 is 0 Å². The molecule has 5 heteroatoms. The summed E-state index contributed by atoms with van der Waals surface area (Å²) in [7, 11) is 0. The van der Waals surface area contributed by atoms with Crippen LogP contribution < -0.4 is 22.9 Å². The predicted octanol–water partition coefficient (Wildman–Crippen LogP) is 2.14. The Morgan fingerprint density at radius 2 is 1.71 bits per heavy atom. The average molecular weight is 406 g/mol. The Labute approximate surface area is 135 Å². The molecular formula is C16H31IN4. The van der Waals surface area contributed by atoms with Crippen molar-refractivity contribution in [3.63, 3.8) is 0 Å². The summed E-state index contributed by atoms with van der Waals surface area (Å²) >= 11 is -1.48. The van der Waals surface area contributed by atoms with Gasteiger partial charge in [-0.15, -0.1) is 0 Å². The van der Waals surface area contributed by atoms with Crippen molar-refractivity contribution in [3.05, 3.63) is 9.15 Å². The molecule has 5 unspecified atom stereocenters. The normalized spacial score (nSPS) is 46.4. The van der Waals surface area contributed by atoms with Gasteiger partial charge in [0.2, 0.25) is 0 Å². The second kappa shape index (κ2) is 6.07. The summed E-state index contributed by atoms with van der Waals surface area (Å²) in [6.45, 7) is 2.20. The van der Waals surface area contributed by atoms with Gasteiger partial charge in [-0.25, -0.2) is 0 Å². The first-order valence-corrected chi connectivity index (χ1v) is 11.9. The number of alkyl halides is 2. The van der Waals surface area contributed by atoms with E-state index in [1.807, 2.05) is 0 Å². The van der Waals surface area contributed by atoms with E-state index in [4.69, 9.17) is 22.9 Å². The van der Waals surface area contributed by atoms with Crippen LogP contribution >= 0.6 is 19.8 Å². The molecule has 0 radical (unpaired) electrons. The van der Waals surface area contributed by atoms with E-state index in [1.165, 1.54) is 19.3 Å². The van der Waals surface area contributed by atoms with Gasteiger partial charge in [-0.1, -0.05) is 0 Å². The van der Waals surface area contributed by atoms with Gasteiger partial charge in [0.05, 0.1) is 0 Å². The third kappa shape index (κ3) is 3.17. The molecule has 1 aliphatic heterocycles. The molecule has 1 heterocycles. The van der Waals surface area contributed by atoms with Gasteiger partial charge in [0.1, 0.15) is 0 Å². The molecule has 1 saturated heterocycles. The van der Waals surface area contributed by atoms with Crippen LogP contribution in [0.5, 0.6) is 0 Å². The fourth-order valence-corrected chi connectivity index (χ4v) is 12.2. The summed E-state index contributed by atoms with van der Waals surface area (Å²) in [5.41, 5.74) is 27.4.